The molecule has 0 unspecified atom stereocenters. The molecule has 9 nitrogen and oxygen atoms in total. The molecule has 2 aromatic heterocycles. The molecular formula is C18H20F2N6O3. The summed E-state index contributed by atoms with van der Waals surface area (Å²) < 4.78 is 33.5. The van der Waals surface area contributed by atoms with Crippen LogP contribution < -0.4 is 5.56 Å². The van der Waals surface area contributed by atoms with Crippen LogP contribution in [0.1, 0.15) is 33.7 Å². The fourth-order valence-corrected chi connectivity index (χ4v) is 4.08. The Hall–Kier alpha value is -2.66. The van der Waals surface area contributed by atoms with E-state index in [-0.39, 0.29) is 49.6 Å². The van der Waals surface area contributed by atoms with Gasteiger partial charge in [0.1, 0.15) is 0 Å². The van der Waals surface area contributed by atoms with Crippen LogP contribution in [0.25, 0.3) is 5.95 Å². The van der Waals surface area contributed by atoms with Gasteiger partial charge in [-0.15, -0.1) is 0 Å². The molecule has 0 radical (unpaired) electrons. The lowest BCUT2D eigenvalue weighted by molar-refractivity contribution is -0.00874. The van der Waals surface area contributed by atoms with E-state index < -0.39 is 5.92 Å². The monoisotopic (exact) mass is 406 g/mol. The van der Waals surface area contributed by atoms with Gasteiger partial charge < -0.3 is 9.64 Å². The number of halogens is 2. The van der Waals surface area contributed by atoms with E-state index in [0.717, 1.165) is 0 Å². The number of nitrogens with one attached hydrogen (secondary N) is 1. The maximum atomic E-state index is 13.4. The van der Waals surface area contributed by atoms with Crippen molar-refractivity contribution >= 4 is 5.91 Å². The molecule has 5 heterocycles. The quantitative estimate of drug-likeness (QED) is 0.796. The van der Waals surface area contributed by atoms with Crippen LogP contribution in [-0.2, 0) is 18.0 Å². The molecule has 11 heteroatoms. The van der Waals surface area contributed by atoms with Crippen LogP contribution >= 0.6 is 0 Å². The lowest BCUT2D eigenvalue weighted by atomic mass is 10.1. The third-order valence-corrected chi connectivity index (χ3v) is 5.88. The first-order chi connectivity index (χ1) is 13.8. The van der Waals surface area contributed by atoms with Gasteiger partial charge in [0.15, 0.2) is 0 Å². The molecule has 0 bridgehead atoms. The molecule has 0 atom stereocenters. The number of H-pyrrole nitrogens is 1. The normalized spacial score (nSPS) is 21.4. The highest BCUT2D eigenvalue weighted by atomic mass is 19.3. The third kappa shape index (κ3) is 3.04. The molecule has 1 amide bonds. The van der Waals surface area contributed by atoms with E-state index in [2.05, 4.69) is 15.1 Å². The van der Waals surface area contributed by atoms with Crippen LogP contribution in [0, 0.1) is 6.92 Å². The molecule has 2 fully saturated rings. The average molecular weight is 406 g/mol. The molecule has 29 heavy (non-hydrogen) atoms. The number of fused-ring (bicyclic) bond motifs is 1. The number of carbonyl (C=O) groups is 1. The molecule has 2 aromatic rings. The summed E-state index contributed by atoms with van der Waals surface area (Å²) in [4.78, 5) is 35.5. The van der Waals surface area contributed by atoms with E-state index in [1.807, 2.05) is 0 Å². The smallest absolute Gasteiger partial charge is 0.261 e. The van der Waals surface area contributed by atoms with Crippen molar-refractivity contribution in [2.24, 2.45) is 0 Å². The van der Waals surface area contributed by atoms with Gasteiger partial charge in [-0.3, -0.25) is 19.5 Å². The SMILES string of the molecule is Cc1c(C(=O)N2CC(N3CCC(F)(F)C3)C2)cnn1-c1nc2c(c(=O)[nH]1)COC2. The zero-order valence-electron chi connectivity index (χ0n) is 15.8. The second-order valence-corrected chi connectivity index (χ2v) is 7.80. The summed E-state index contributed by atoms with van der Waals surface area (Å²) in [5.41, 5.74) is 1.74. The Bertz CT molecular complexity index is 1040. The number of likely N-dealkylation sites (tertiary alicyclic amines) is 2. The van der Waals surface area contributed by atoms with Gasteiger partial charge in [0.05, 0.1) is 48.5 Å². The van der Waals surface area contributed by atoms with Gasteiger partial charge in [0.25, 0.3) is 17.4 Å². The van der Waals surface area contributed by atoms with Crippen molar-refractivity contribution < 1.29 is 18.3 Å². The topological polar surface area (TPSA) is 96.4 Å². The second-order valence-electron chi connectivity index (χ2n) is 7.80. The van der Waals surface area contributed by atoms with Crippen LogP contribution in [0.5, 0.6) is 0 Å². The number of aromatic nitrogens is 4. The number of carbonyl (C=O) groups excluding carboxylic acids is 1. The minimum Gasteiger partial charge on any atom is -0.370 e. The van der Waals surface area contributed by atoms with E-state index in [1.165, 1.54) is 10.9 Å². The van der Waals surface area contributed by atoms with Crippen molar-refractivity contribution in [3.05, 3.63) is 39.1 Å². The fraction of sp³-hybridized carbons (Fsp3) is 0.556. The van der Waals surface area contributed by atoms with Crippen LogP contribution in [0.3, 0.4) is 0 Å². The molecule has 3 aliphatic heterocycles. The summed E-state index contributed by atoms with van der Waals surface area (Å²) >= 11 is 0. The molecule has 0 aliphatic carbocycles. The Morgan fingerprint density at radius 3 is 2.86 bits per heavy atom. The van der Waals surface area contributed by atoms with Crippen LogP contribution in [-0.4, -0.2) is 73.6 Å². The van der Waals surface area contributed by atoms with Crippen molar-refractivity contribution in [3.8, 4) is 5.95 Å². The van der Waals surface area contributed by atoms with Crippen molar-refractivity contribution in [2.75, 3.05) is 26.2 Å². The first-order valence-corrected chi connectivity index (χ1v) is 9.48. The zero-order valence-corrected chi connectivity index (χ0v) is 15.8. The van der Waals surface area contributed by atoms with E-state index in [4.69, 9.17) is 4.74 Å². The summed E-state index contributed by atoms with van der Waals surface area (Å²) in [6, 6.07) is -0.0302. The maximum absolute atomic E-state index is 13.4. The third-order valence-electron chi connectivity index (χ3n) is 5.88. The van der Waals surface area contributed by atoms with E-state index in [1.54, 1.807) is 16.7 Å². The van der Waals surface area contributed by atoms with Gasteiger partial charge in [-0.05, 0) is 6.92 Å². The molecule has 0 aromatic carbocycles. The molecule has 2 saturated heterocycles. The van der Waals surface area contributed by atoms with Crippen LogP contribution in [0.2, 0.25) is 0 Å². The maximum Gasteiger partial charge on any atom is 0.261 e. The molecule has 154 valence electrons. The zero-order chi connectivity index (χ0) is 20.3. The Morgan fingerprint density at radius 2 is 2.14 bits per heavy atom. The Labute approximate surface area is 164 Å². The minimum atomic E-state index is -2.63. The van der Waals surface area contributed by atoms with Gasteiger partial charge >= 0.3 is 0 Å². The van der Waals surface area contributed by atoms with Gasteiger partial charge in [-0.2, -0.15) is 5.10 Å². The molecule has 0 saturated carbocycles. The standard InChI is InChI=1S/C18H20F2N6O3/c1-10-12(16(28)25-5-11(6-25)24-3-2-18(19,20)9-24)4-21-26(10)17-22-14-8-29-7-13(14)15(27)23-17/h4,11H,2-3,5-9H2,1H3,(H,22,23,27). The number of aromatic amines is 1. The van der Waals surface area contributed by atoms with Crippen LogP contribution in [0.15, 0.2) is 11.0 Å². The minimum absolute atomic E-state index is 0.0302. The van der Waals surface area contributed by atoms with E-state index in [0.29, 0.717) is 42.1 Å². The first kappa shape index (κ1) is 18.4. The predicted molar refractivity (Wildman–Crippen MR) is 96.0 cm³/mol. The van der Waals surface area contributed by atoms with Gasteiger partial charge in [-0.1, -0.05) is 0 Å². The summed E-state index contributed by atoms with van der Waals surface area (Å²) in [6.07, 6.45) is 1.32. The lowest BCUT2D eigenvalue weighted by Gasteiger charge is -2.43. The lowest BCUT2D eigenvalue weighted by Crippen LogP contribution is -2.60. The summed E-state index contributed by atoms with van der Waals surface area (Å²) in [7, 11) is 0. The largest absolute Gasteiger partial charge is 0.370 e. The average Bonchev–Trinajstić information content (AvgIpc) is 3.32. The number of amides is 1. The number of rotatable bonds is 3. The van der Waals surface area contributed by atoms with E-state index >= 15 is 0 Å². The molecular weight excluding hydrogens is 386 g/mol. The van der Waals surface area contributed by atoms with Crippen molar-refractivity contribution in [1.82, 2.24) is 29.5 Å². The Morgan fingerprint density at radius 1 is 1.34 bits per heavy atom. The summed E-state index contributed by atoms with van der Waals surface area (Å²) in [6.45, 7) is 3.19. The number of alkyl halides is 2. The number of ether oxygens (including phenoxy) is 1. The van der Waals surface area contributed by atoms with Crippen LogP contribution in [0.4, 0.5) is 8.78 Å². The van der Waals surface area contributed by atoms with Crippen molar-refractivity contribution in [1.29, 1.82) is 0 Å². The molecule has 1 N–H and O–H groups in total. The van der Waals surface area contributed by atoms with Crippen molar-refractivity contribution in [3.63, 3.8) is 0 Å². The Balaban J connectivity index is 1.31. The molecule has 5 rings (SSSR count). The molecule has 0 spiro atoms. The first-order valence-electron chi connectivity index (χ1n) is 9.48. The number of hydrogen-bond acceptors (Lipinski definition) is 6. The number of nitrogens with zero attached hydrogens (tertiary/aromatic N) is 5. The summed E-state index contributed by atoms with van der Waals surface area (Å²) in [5, 5.41) is 4.22. The highest BCUT2D eigenvalue weighted by Gasteiger charge is 2.45. The predicted octanol–water partition coefficient (Wildman–Crippen LogP) is 0.460. The molecule has 3 aliphatic rings. The number of hydrogen-bond donors (Lipinski definition) is 1. The highest BCUT2D eigenvalue weighted by molar-refractivity contribution is 5.95. The highest BCUT2D eigenvalue weighted by Crippen LogP contribution is 2.31. The van der Waals surface area contributed by atoms with Gasteiger partial charge in [-0.25, -0.2) is 18.4 Å². The second kappa shape index (κ2) is 6.42. The van der Waals surface area contributed by atoms with Gasteiger partial charge in [0, 0.05) is 32.1 Å². The van der Waals surface area contributed by atoms with Gasteiger partial charge in [0.2, 0.25) is 5.95 Å². The van der Waals surface area contributed by atoms with Crippen molar-refractivity contribution in [2.45, 2.75) is 38.5 Å². The summed E-state index contributed by atoms with van der Waals surface area (Å²) in [5.74, 6) is -2.60. The van der Waals surface area contributed by atoms with E-state index in [9.17, 15) is 18.4 Å². The fourth-order valence-electron chi connectivity index (χ4n) is 4.08. The Kier molecular flexibility index (Phi) is 4.07.